The third-order valence-corrected chi connectivity index (χ3v) is 3.21. The quantitative estimate of drug-likeness (QED) is 0.359. The molecule has 0 atom stereocenters. The van der Waals surface area contributed by atoms with E-state index in [2.05, 4.69) is 0 Å². The van der Waals surface area contributed by atoms with Gasteiger partial charge in [-0.1, -0.05) is 23.7 Å². The number of nitro benzene ring substituents is 1. The minimum atomic E-state index is -0.531. The van der Waals surface area contributed by atoms with E-state index in [4.69, 9.17) is 16.3 Å². The molecule has 5 nitrogen and oxygen atoms in total. The molecule has 0 saturated carbocycles. The first-order chi connectivity index (χ1) is 10.5. The second-order valence-electron chi connectivity index (χ2n) is 4.39. The molecule has 0 amide bonds. The minimum Gasteiger partial charge on any atom is -0.490 e. The van der Waals surface area contributed by atoms with E-state index < -0.39 is 4.92 Å². The van der Waals surface area contributed by atoms with Crippen LogP contribution in [-0.4, -0.2) is 17.8 Å². The number of benzene rings is 2. The van der Waals surface area contributed by atoms with Crippen molar-refractivity contribution in [2.45, 2.75) is 0 Å². The van der Waals surface area contributed by atoms with E-state index in [1.54, 1.807) is 30.3 Å². The number of methoxy groups -OCH3 is 1. The maximum atomic E-state index is 12.0. The molecule has 0 aliphatic heterocycles. The zero-order valence-corrected chi connectivity index (χ0v) is 12.4. The number of carbonyl (C=O) groups is 1. The van der Waals surface area contributed by atoms with E-state index >= 15 is 0 Å². The number of hydrogen-bond acceptors (Lipinski definition) is 4. The third-order valence-electron chi connectivity index (χ3n) is 2.96. The molecule has 0 bridgehead atoms. The first-order valence-corrected chi connectivity index (χ1v) is 6.69. The van der Waals surface area contributed by atoms with Crippen molar-refractivity contribution in [2.24, 2.45) is 0 Å². The van der Waals surface area contributed by atoms with Crippen LogP contribution >= 0.6 is 11.6 Å². The highest BCUT2D eigenvalue weighted by molar-refractivity contribution is 6.30. The number of nitro groups is 1. The molecular weight excluding hydrogens is 306 g/mol. The zero-order chi connectivity index (χ0) is 16.1. The van der Waals surface area contributed by atoms with E-state index in [1.165, 1.54) is 31.4 Å². The normalized spacial score (nSPS) is 10.6. The molecule has 2 aromatic rings. The Kier molecular flexibility index (Phi) is 4.91. The number of allylic oxidation sites excluding steroid dienone is 1. The molecule has 2 aromatic carbocycles. The molecular formula is C16H12ClNO4. The monoisotopic (exact) mass is 317 g/mol. The molecule has 112 valence electrons. The van der Waals surface area contributed by atoms with Gasteiger partial charge in [0.25, 0.3) is 0 Å². The van der Waals surface area contributed by atoms with E-state index in [9.17, 15) is 14.9 Å². The lowest BCUT2D eigenvalue weighted by atomic mass is 10.1. The van der Waals surface area contributed by atoms with E-state index in [-0.39, 0.29) is 17.2 Å². The van der Waals surface area contributed by atoms with Gasteiger partial charge in [-0.25, -0.2) is 0 Å². The zero-order valence-electron chi connectivity index (χ0n) is 11.7. The Bertz CT molecular complexity index is 738. The number of nitrogens with zero attached hydrogens (tertiary/aromatic N) is 1. The number of hydrogen-bond donors (Lipinski definition) is 0. The summed E-state index contributed by atoms with van der Waals surface area (Å²) < 4.78 is 4.92. The van der Waals surface area contributed by atoms with Crippen LogP contribution in [0.4, 0.5) is 5.69 Å². The number of ether oxygens (including phenoxy) is 1. The standard InChI is InChI=1S/C16H12ClNO4/c1-22-16-9-3-11(10-14(16)18(20)21)2-8-15(19)12-4-6-13(17)7-5-12/h2-10H,1H3. The lowest BCUT2D eigenvalue weighted by Gasteiger charge is -2.02. The summed E-state index contributed by atoms with van der Waals surface area (Å²) in [7, 11) is 1.36. The second-order valence-corrected chi connectivity index (χ2v) is 4.83. The average molecular weight is 318 g/mol. The Balaban J connectivity index is 2.22. The van der Waals surface area contributed by atoms with Crippen molar-refractivity contribution in [3.63, 3.8) is 0 Å². The summed E-state index contributed by atoms with van der Waals surface area (Å²) in [6.45, 7) is 0. The molecule has 0 heterocycles. The molecule has 0 unspecified atom stereocenters. The van der Waals surface area contributed by atoms with Gasteiger partial charge in [-0.05, 0) is 42.0 Å². The topological polar surface area (TPSA) is 69.4 Å². The van der Waals surface area contributed by atoms with Crippen LogP contribution in [0.5, 0.6) is 5.75 Å². The summed E-state index contributed by atoms with van der Waals surface area (Å²) in [4.78, 5) is 22.4. The lowest BCUT2D eigenvalue weighted by molar-refractivity contribution is -0.385. The molecule has 0 aliphatic carbocycles. The van der Waals surface area contributed by atoms with Crippen molar-refractivity contribution in [3.8, 4) is 5.75 Å². The van der Waals surface area contributed by atoms with Crippen LogP contribution in [0.25, 0.3) is 6.08 Å². The Morgan fingerprint density at radius 1 is 1.23 bits per heavy atom. The molecule has 0 aromatic heterocycles. The smallest absolute Gasteiger partial charge is 0.311 e. The average Bonchev–Trinajstić information content (AvgIpc) is 2.53. The Hall–Kier alpha value is -2.66. The lowest BCUT2D eigenvalue weighted by Crippen LogP contribution is -1.95. The predicted molar refractivity (Wildman–Crippen MR) is 84.5 cm³/mol. The highest BCUT2D eigenvalue weighted by Crippen LogP contribution is 2.28. The van der Waals surface area contributed by atoms with E-state index in [0.717, 1.165) is 0 Å². The number of rotatable bonds is 5. The molecule has 0 saturated heterocycles. The van der Waals surface area contributed by atoms with Crippen LogP contribution in [0.15, 0.2) is 48.5 Å². The van der Waals surface area contributed by atoms with Gasteiger partial charge in [0.1, 0.15) is 0 Å². The molecule has 0 spiro atoms. The molecule has 6 heteroatoms. The highest BCUT2D eigenvalue weighted by Gasteiger charge is 2.14. The van der Waals surface area contributed by atoms with Crippen molar-refractivity contribution < 1.29 is 14.5 Å². The van der Waals surface area contributed by atoms with Crippen LogP contribution in [0.2, 0.25) is 5.02 Å². The summed E-state index contributed by atoms with van der Waals surface area (Å²) in [5, 5.41) is 11.5. The summed E-state index contributed by atoms with van der Waals surface area (Å²) in [5.74, 6) is -0.0404. The van der Waals surface area contributed by atoms with Crippen molar-refractivity contribution >= 4 is 29.1 Å². The van der Waals surface area contributed by atoms with Gasteiger partial charge in [0.15, 0.2) is 11.5 Å². The molecule has 0 N–H and O–H groups in total. The van der Waals surface area contributed by atoms with E-state index in [0.29, 0.717) is 16.1 Å². The second kappa shape index (κ2) is 6.87. The first-order valence-electron chi connectivity index (χ1n) is 6.31. The molecule has 2 rings (SSSR count). The van der Waals surface area contributed by atoms with Gasteiger partial charge < -0.3 is 4.74 Å². The van der Waals surface area contributed by atoms with Crippen molar-refractivity contribution in [3.05, 3.63) is 74.8 Å². The summed E-state index contributed by atoms with van der Waals surface area (Å²) >= 11 is 5.76. The Morgan fingerprint density at radius 2 is 1.91 bits per heavy atom. The van der Waals surface area contributed by atoms with Crippen LogP contribution in [-0.2, 0) is 0 Å². The van der Waals surface area contributed by atoms with E-state index in [1.807, 2.05) is 0 Å². The van der Waals surface area contributed by atoms with Gasteiger partial charge in [0.05, 0.1) is 12.0 Å². The fourth-order valence-electron chi connectivity index (χ4n) is 1.84. The fraction of sp³-hybridized carbons (Fsp3) is 0.0625. The van der Waals surface area contributed by atoms with Crippen LogP contribution in [0.3, 0.4) is 0 Å². The Morgan fingerprint density at radius 3 is 2.50 bits per heavy atom. The van der Waals surface area contributed by atoms with Crippen LogP contribution in [0, 0.1) is 10.1 Å². The van der Waals surface area contributed by atoms with Gasteiger partial charge in [0.2, 0.25) is 0 Å². The van der Waals surface area contributed by atoms with Crippen LogP contribution < -0.4 is 4.74 Å². The van der Waals surface area contributed by atoms with Crippen molar-refractivity contribution in [2.75, 3.05) is 7.11 Å². The van der Waals surface area contributed by atoms with Crippen molar-refractivity contribution in [1.82, 2.24) is 0 Å². The summed E-state index contributed by atoms with van der Waals surface area (Å²) in [6.07, 6.45) is 2.87. The van der Waals surface area contributed by atoms with Gasteiger partial charge in [-0.2, -0.15) is 0 Å². The summed E-state index contributed by atoms with van der Waals surface area (Å²) in [6, 6.07) is 11.0. The molecule has 0 radical (unpaired) electrons. The predicted octanol–water partition coefficient (Wildman–Crippen LogP) is 4.15. The number of ketones is 1. The number of carbonyl (C=O) groups excluding carboxylic acids is 1. The van der Waals surface area contributed by atoms with Gasteiger partial charge >= 0.3 is 5.69 Å². The first kappa shape index (κ1) is 15.7. The Labute approximate surface area is 131 Å². The summed E-state index contributed by atoms with van der Waals surface area (Å²) in [5.41, 5.74) is 0.877. The van der Waals surface area contributed by atoms with Gasteiger partial charge in [0, 0.05) is 16.7 Å². The highest BCUT2D eigenvalue weighted by atomic mass is 35.5. The third kappa shape index (κ3) is 3.71. The van der Waals surface area contributed by atoms with Gasteiger partial charge in [-0.3, -0.25) is 14.9 Å². The number of halogens is 1. The molecule has 0 aliphatic rings. The SMILES string of the molecule is COc1ccc(C=CC(=O)c2ccc(Cl)cc2)cc1[N+](=O)[O-]. The molecule has 0 fully saturated rings. The van der Waals surface area contributed by atoms with Crippen molar-refractivity contribution in [1.29, 1.82) is 0 Å². The van der Waals surface area contributed by atoms with Gasteiger partial charge in [-0.15, -0.1) is 0 Å². The van der Waals surface area contributed by atoms with Crippen LogP contribution in [0.1, 0.15) is 15.9 Å². The largest absolute Gasteiger partial charge is 0.490 e. The fourth-order valence-corrected chi connectivity index (χ4v) is 1.96. The maximum Gasteiger partial charge on any atom is 0.311 e. The maximum absolute atomic E-state index is 12.0. The molecule has 22 heavy (non-hydrogen) atoms. The minimum absolute atomic E-state index is 0.149.